The van der Waals surface area contributed by atoms with Gasteiger partial charge in [-0.1, -0.05) is 71.7 Å². The number of amides is 1. The predicted octanol–water partition coefficient (Wildman–Crippen LogP) is 7.59. The highest BCUT2D eigenvalue weighted by Gasteiger charge is 2.15. The summed E-state index contributed by atoms with van der Waals surface area (Å²) in [6.45, 7) is 2.13. The summed E-state index contributed by atoms with van der Waals surface area (Å²) in [4.78, 5) is 12.8. The summed E-state index contributed by atoms with van der Waals surface area (Å²) in [5.41, 5.74) is 2.78. The topological polar surface area (TPSA) is 71.3 Å². The third kappa shape index (κ3) is 5.63. The molecule has 5 nitrogen and oxygen atoms in total. The van der Waals surface area contributed by atoms with Crippen molar-refractivity contribution in [2.45, 2.75) is 13.5 Å². The largest absolute Gasteiger partial charge is 0.493 e. The van der Waals surface area contributed by atoms with E-state index in [4.69, 9.17) is 32.7 Å². The van der Waals surface area contributed by atoms with Gasteiger partial charge in [-0.2, -0.15) is 5.26 Å². The number of benzene rings is 4. The number of carbonyl (C=O) groups is 1. The van der Waals surface area contributed by atoms with E-state index in [1.54, 1.807) is 30.3 Å². The van der Waals surface area contributed by atoms with Crippen LogP contribution >= 0.6 is 23.2 Å². The standard InChI is InChI=1S/C29H22Cl2N2O3/c1-18-10-11-23(30)15-26(18)33-29(34)22(16-32)12-19-13-25(31)28(27(14-19)35-2)36-17-21-8-5-7-20-6-3-4-9-24(20)21/h3-15H,17H2,1-2H3,(H,33,34)/b22-12+. The molecule has 1 N–H and O–H groups in total. The van der Waals surface area contributed by atoms with Gasteiger partial charge in [0.05, 0.1) is 12.1 Å². The first kappa shape index (κ1) is 25.1. The summed E-state index contributed by atoms with van der Waals surface area (Å²) in [5, 5.41) is 15.3. The first-order valence-electron chi connectivity index (χ1n) is 11.1. The molecule has 0 saturated carbocycles. The summed E-state index contributed by atoms with van der Waals surface area (Å²) >= 11 is 12.6. The van der Waals surface area contributed by atoms with Gasteiger partial charge in [0.2, 0.25) is 0 Å². The fourth-order valence-corrected chi connectivity index (χ4v) is 4.21. The molecule has 0 aliphatic heterocycles. The van der Waals surface area contributed by atoms with Gasteiger partial charge in [-0.25, -0.2) is 0 Å². The van der Waals surface area contributed by atoms with Gasteiger partial charge in [0.1, 0.15) is 18.2 Å². The number of hydrogen-bond donors (Lipinski definition) is 1. The monoisotopic (exact) mass is 516 g/mol. The van der Waals surface area contributed by atoms with Crippen molar-refractivity contribution in [2.75, 3.05) is 12.4 Å². The number of anilines is 1. The molecule has 0 fully saturated rings. The molecule has 4 rings (SSSR count). The highest BCUT2D eigenvalue weighted by atomic mass is 35.5. The van der Waals surface area contributed by atoms with Crippen LogP contribution < -0.4 is 14.8 Å². The van der Waals surface area contributed by atoms with E-state index in [-0.39, 0.29) is 12.2 Å². The van der Waals surface area contributed by atoms with Gasteiger partial charge in [0, 0.05) is 10.7 Å². The molecule has 180 valence electrons. The Labute approximate surface area is 219 Å². The van der Waals surface area contributed by atoms with E-state index in [0.717, 1.165) is 21.9 Å². The van der Waals surface area contributed by atoms with Crippen LogP contribution in [0.25, 0.3) is 16.8 Å². The molecule has 0 saturated heterocycles. The number of rotatable bonds is 7. The average Bonchev–Trinajstić information content (AvgIpc) is 2.88. The van der Waals surface area contributed by atoms with Crippen molar-refractivity contribution in [3.8, 4) is 17.6 Å². The number of halogens is 2. The van der Waals surface area contributed by atoms with E-state index in [1.807, 2.05) is 55.5 Å². The first-order chi connectivity index (χ1) is 17.4. The number of nitrogens with zero attached hydrogens (tertiary/aromatic N) is 1. The lowest BCUT2D eigenvalue weighted by Crippen LogP contribution is -2.14. The van der Waals surface area contributed by atoms with E-state index >= 15 is 0 Å². The zero-order valence-electron chi connectivity index (χ0n) is 19.6. The van der Waals surface area contributed by atoms with Gasteiger partial charge in [0.25, 0.3) is 5.91 Å². The molecular weight excluding hydrogens is 495 g/mol. The fourth-order valence-electron chi connectivity index (χ4n) is 3.77. The Balaban J connectivity index is 1.58. The molecule has 7 heteroatoms. The maximum Gasteiger partial charge on any atom is 0.266 e. The zero-order valence-corrected chi connectivity index (χ0v) is 21.2. The van der Waals surface area contributed by atoms with Gasteiger partial charge in [-0.05, 0) is 64.7 Å². The average molecular weight is 517 g/mol. The molecule has 4 aromatic rings. The van der Waals surface area contributed by atoms with Crippen molar-refractivity contribution in [2.24, 2.45) is 0 Å². The number of ether oxygens (including phenoxy) is 2. The highest BCUT2D eigenvalue weighted by Crippen LogP contribution is 2.38. The fraction of sp³-hybridized carbons (Fsp3) is 0.103. The minimum atomic E-state index is -0.561. The maximum absolute atomic E-state index is 12.8. The number of fused-ring (bicyclic) bond motifs is 1. The Morgan fingerprint density at radius 2 is 1.83 bits per heavy atom. The van der Waals surface area contributed by atoms with Crippen LogP contribution in [0.1, 0.15) is 16.7 Å². The third-order valence-corrected chi connectivity index (χ3v) is 6.14. The molecule has 0 radical (unpaired) electrons. The minimum Gasteiger partial charge on any atom is -0.493 e. The number of aryl methyl sites for hydroxylation is 1. The van der Waals surface area contributed by atoms with Crippen LogP contribution in [0.4, 0.5) is 5.69 Å². The van der Waals surface area contributed by atoms with E-state index in [9.17, 15) is 10.1 Å². The van der Waals surface area contributed by atoms with Crippen molar-refractivity contribution in [1.29, 1.82) is 5.26 Å². The lowest BCUT2D eigenvalue weighted by atomic mass is 10.1. The smallest absolute Gasteiger partial charge is 0.266 e. The Bertz CT molecular complexity index is 1520. The Hall–Kier alpha value is -3.98. The second kappa shape index (κ2) is 11.2. The van der Waals surface area contributed by atoms with E-state index < -0.39 is 5.91 Å². The highest BCUT2D eigenvalue weighted by molar-refractivity contribution is 6.32. The quantitative estimate of drug-likeness (QED) is 0.203. The summed E-state index contributed by atoms with van der Waals surface area (Å²) in [6.07, 6.45) is 1.44. The Morgan fingerprint density at radius 3 is 2.61 bits per heavy atom. The molecule has 4 aromatic carbocycles. The second-order valence-electron chi connectivity index (χ2n) is 8.04. The van der Waals surface area contributed by atoms with Crippen molar-refractivity contribution in [3.63, 3.8) is 0 Å². The number of carbonyl (C=O) groups excluding carboxylic acids is 1. The Kier molecular flexibility index (Phi) is 7.80. The molecule has 0 atom stereocenters. The van der Waals surface area contributed by atoms with Crippen LogP contribution in [0.5, 0.6) is 11.5 Å². The molecule has 0 aromatic heterocycles. The summed E-state index contributed by atoms with van der Waals surface area (Å²) in [5.74, 6) is 0.202. The minimum absolute atomic E-state index is 0.100. The lowest BCUT2D eigenvalue weighted by molar-refractivity contribution is -0.112. The molecule has 36 heavy (non-hydrogen) atoms. The SMILES string of the molecule is COc1cc(/C=C(\C#N)C(=O)Nc2cc(Cl)ccc2C)cc(Cl)c1OCc1cccc2ccccc12. The molecule has 0 aliphatic rings. The molecule has 1 amide bonds. The third-order valence-electron chi connectivity index (χ3n) is 5.63. The van der Waals surface area contributed by atoms with Gasteiger partial charge in [-0.3, -0.25) is 4.79 Å². The molecule has 0 aliphatic carbocycles. The zero-order chi connectivity index (χ0) is 25.7. The van der Waals surface area contributed by atoms with Gasteiger partial charge in [-0.15, -0.1) is 0 Å². The molecule has 0 spiro atoms. The number of nitriles is 1. The van der Waals surface area contributed by atoms with Crippen molar-refractivity contribution in [1.82, 2.24) is 0 Å². The molecular formula is C29H22Cl2N2O3. The number of hydrogen-bond acceptors (Lipinski definition) is 4. The van der Waals surface area contributed by atoms with Crippen molar-refractivity contribution in [3.05, 3.63) is 105 Å². The lowest BCUT2D eigenvalue weighted by Gasteiger charge is -2.15. The van der Waals surface area contributed by atoms with E-state index in [1.165, 1.54) is 13.2 Å². The summed E-state index contributed by atoms with van der Waals surface area (Å²) < 4.78 is 11.6. The second-order valence-corrected chi connectivity index (χ2v) is 8.89. The van der Waals surface area contributed by atoms with Crippen molar-refractivity contribution < 1.29 is 14.3 Å². The van der Waals surface area contributed by atoms with Crippen LogP contribution in [0, 0.1) is 18.3 Å². The normalized spacial score (nSPS) is 11.1. The maximum atomic E-state index is 12.8. The summed E-state index contributed by atoms with van der Waals surface area (Å²) in [6, 6.07) is 24.5. The molecule has 0 bridgehead atoms. The van der Waals surface area contributed by atoms with Crippen LogP contribution in [0.15, 0.2) is 78.4 Å². The van der Waals surface area contributed by atoms with Gasteiger partial charge in [0.15, 0.2) is 11.5 Å². The Morgan fingerprint density at radius 1 is 1.06 bits per heavy atom. The summed E-state index contributed by atoms with van der Waals surface area (Å²) in [7, 11) is 1.50. The predicted molar refractivity (Wildman–Crippen MR) is 145 cm³/mol. The number of methoxy groups -OCH3 is 1. The van der Waals surface area contributed by atoms with Gasteiger partial charge >= 0.3 is 0 Å². The first-order valence-corrected chi connectivity index (χ1v) is 11.8. The van der Waals surface area contributed by atoms with Crippen LogP contribution in [-0.4, -0.2) is 13.0 Å². The van der Waals surface area contributed by atoms with Crippen molar-refractivity contribution >= 4 is 51.6 Å². The van der Waals surface area contributed by atoms with Crippen LogP contribution in [-0.2, 0) is 11.4 Å². The number of nitrogens with one attached hydrogen (secondary N) is 1. The molecule has 0 unspecified atom stereocenters. The molecule has 0 heterocycles. The van der Waals surface area contributed by atoms with E-state index in [2.05, 4.69) is 5.32 Å². The van der Waals surface area contributed by atoms with Crippen LogP contribution in [0.3, 0.4) is 0 Å². The van der Waals surface area contributed by atoms with Crippen LogP contribution in [0.2, 0.25) is 10.0 Å². The van der Waals surface area contributed by atoms with Gasteiger partial charge < -0.3 is 14.8 Å². The van der Waals surface area contributed by atoms with E-state index in [0.29, 0.717) is 32.8 Å².